The number of amides is 1. The van der Waals surface area contributed by atoms with E-state index < -0.39 is 17.3 Å². The molecular weight excluding hydrogens is 194 g/mol. The Morgan fingerprint density at radius 1 is 1.46 bits per heavy atom. The molecule has 5 nitrogen and oxygen atoms in total. The molecule has 0 rings (SSSR count). The zero-order valence-electron chi connectivity index (χ0n) is 7.73. The van der Waals surface area contributed by atoms with E-state index in [1.54, 1.807) is 13.8 Å². The van der Waals surface area contributed by atoms with Crippen LogP contribution in [0.15, 0.2) is 0 Å². The number of carbonyl (C=O) groups is 2. The van der Waals surface area contributed by atoms with Crippen molar-refractivity contribution in [2.75, 3.05) is 7.11 Å². The van der Waals surface area contributed by atoms with Crippen molar-refractivity contribution in [3.05, 3.63) is 0 Å². The molecule has 0 saturated carbocycles. The van der Waals surface area contributed by atoms with Crippen LogP contribution in [0.3, 0.4) is 0 Å². The van der Waals surface area contributed by atoms with Crippen molar-refractivity contribution in [2.24, 2.45) is 5.92 Å². The van der Waals surface area contributed by atoms with Gasteiger partial charge in [0.15, 0.2) is 0 Å². The lowest BCUT2D eigenvalue weighted by atomic mass is 10.1. The number of carbonyl (C=O) groups excluding carboxylic acids is 1. The average Bonchev–Trinajstić information content (AvgIpc) is 2.03. The van der Waals surface area contributed by atoms with Gasteiger partial charge in [-0.25, -0.2) is 4.79 Å². The van der Waals surface area contributed by atoms with Crippen LogP contribution in [0.1, 0.15) is 13.8 Å². The number of hydrogen-bond acceptors (Lipinski definition) is 4. The summed E-state index contributed by atoms with van der Waals surface area (Å²) in [5, 5.41) is 8.06. The van der Waals surface area contributed by atoms with E-state index in [1.807, 2.05) is 0 Å². The highest BCUT2D eigenvalue weighted by Gasteiger charge is 2.23. The smallest absolute Gasteiger partial charge is 0.416 e. The van der Waals surface area contributed by atoms with E-state index in [1.165, 1.54) is 7.11 Å². The first-order valence-corrected chi connectivity index (χ1v) is 4.59. The summed E-state index contributed by atoms with van der Waals surface area (Å²) in [6.07, 6.45) is -0.642. The fraction of sp³-hybridized carbons (Fsp3) is 0.714. The van der Waals surface area contributed by atoms with Crippen molar-refractivity contribution in [3.63, 3.8) is 0 Å². The van der Waals surface area contributed by atoms with Crippen molar-refractivity contribution in [1.82, 2.24) is 4.72 Å². The van der Waals surface area contributed by atoms with Crippen molar-refractivity contribution < 1.29 is 19.4 Å². The molecule has 0 aromatic rings. The maximum Gasteiger partial charge on any atom is 0.416 e. The van der Waals surface area contributed by atoms with Gasteiger partial charge in [0, 0.05) is 0 Å². The summed E-state index contributed by atoms with van der Waals surface area (Å²) < 4.78 is 6.57. The van der Waals surface area contributed by atoms with Crippen molar-refractivity contribution in [2.45, 2.75) is 19.1 Å². The summed E-state index contributed by atoms with van der Waals surface area (Å²) in [6.45, 7) is 3.54. The van der Waals surface area contributed by atoms with Crippen LogP contribution in [0.4, 0.5) is 4.79 Å². The fourth-order valence-electron chi connectivity index (χ4n) is 0.625. The van der Waals surface area contributed by atoms with Gasteiger partial charge in [-0.2, -0.15) is 0 Å². The molecule has 0 aliphatic heterocycles. The Hall–Kier alpha value is -0.910. The van der Waals surface area contributed by atoms with E-state index in [2.05, 4.69) is 9.46 Å². The highest BCUT2D eigenvalue weighted by atomic mass is 32.2. The van der Waals surface area contributed by atoms with Gasteiger partial charge in [0.25, 0.3) is 0 Å². The third-order valence-electron chi connectivity index (χ3n) is 1.30. The molecule has 0 fully saturated rings. The molecule has 0 aromatic heterocycles. The molecule has 0 saturated heterocycles. The van der Waals surface area contributed by atoms with Gasteiger partial charge in [0.1, 0.15) is 5.25 Å². The fourth-order valence-corrected chi connectivity index (χ4v) is 1.30. The molecule has 6 heteroatoms. The molecule has 1 atom stereocenters. The first-order valence-electron chi connectivity index (χ1n) is 3.71. The number of carboxylic acid groups (broad SMARTS) is 1. The number of ether oxygens (including phenoxy) is 1. The lowest BCUT2D eigenvalue weighted by Gasteiger charge is -2.14. The van der Waals surface area contributed by atoms with Gasteiger partial charge >= 0.3 is 12.1 Å². The Morgan fingerprint density at radius 3 is 2.31 bits per heavy atom. The van der Waals surface area contributed by atoms with Crippen LogP contribution < -0.4 is 4.72 Å². The molecule has 0 bridgehead atoms. The molecule has 0 spiro atoms. The van der Waals surface area contributed by atoms with Crippen LogP contribution in [0.25, 0.3) is 0 Å². The van der Waals surface area contributed by atoms with Crippen LogP contribution in [0, 0.1) is 5.92 Å². The van der Waals surface area contributed by atoms with Gasteiger partial charge in [-0.15, -0.1) is 0 Å². The van der Waals surface area contributed by atoms with Crippen molar-refractivity contribution in [3.8, 4) is 0 Å². The second-order valence-corrected chi connectivity index (χ2v) is 3.66. The van der Waals surface area contributed by atoms with Gasteiger partial charge in [0.2, 0.25) is 0 Å². The highest BCUT2D eigenvalue weighted by Crippen LogP contribution is 2.16. The molecular formula is C7H13NO4S. The number of hydrogen-bond donors (Lipinski definition) is 2. The van der Waals surface area contributed by atoms with E-state index in [9.17, 15) is 9.59 Å². The summed E-state index contributed by atoms with van der Waals surface area (Å²) in [7, 11) is 1.22. The number of aliphatic carboxylic acids is 1. The van der Waals surface area contributed by atoms with E-state index in [0.29, 0.717) is 0 Å². The van der Waals surface area contributed by atoms with Crippen LogP contribution in [-0.2, 0) is 9.53 Å². The highest BCUT2D eigenvalue weighted by molar-refractivity contribution is 7.99. The van der Waals surface area contributed by atoms with Crippen LogP contribution in [0.2, 0.25) is 0 Å². The summed E-state index contributed by atoms with van der Waals surface area (Å²) in [5.41, 5.74) is 0. The molecule has 1 amide bonds. The first kappa shape index (κ1) is 12.1. The van der Waals surface area contributed by atoms with Gasteiger partial charge < -0.3 is 9.84 Å². The van der Waals surface area contributed by atoms with Gasteiger partial charge in [-0.05, 0) is 17.9 Å². The predicted octanol–water partition coefficient (Wildman–Crippen LogP) is 1.10. The van der Waals surface area contributed by atoms with Gasteiger partial charge in [-0.1, -0.05) is 13.8 Å². The lowest BCUT2D eigenvalue weighted by Crippen LogP contribution is -2.28. The van der Waals surface area contributed by atoms with E-state index >= 15 is 0 Å². The molecule has 76 valence electrons. The summed E-state index contributed by atoms with van der Waals surface area (Å²) in [4.78, 5) is 21.2. The predicted molar refractivity (Wildman–Crippen MR) is 49.4 cm³/mol. The molecule has 0 aliphatic carbocycles. The summed E-state index contributed by atoms with van der Waals surface area (Å²) in [5.74, 6) is -1.00. The minimum Gasteiger partial charge on any atom is -0.480 e. The minimum absolute atomic E-state index is 0.0559. The molecule has 0 radical (unpaired) electrons. The Labute approximate surface area is 81.0 Å². The Morgan fingerprint density at radius 2 is 2.00 bits per heavy atom. The third kappa shape index (κ3) is 4.62. The van der Waals surface area contributed by atoms with Crippen molar-refractivity contribution >= 4 is 24.0 Å². The second kappa shape index (κ2) is 5.69. The first-order chi connectivity index (χ1) is 5.99. The normalized spacial score (nSPS) is 12.3. The number of carboxylic acids is 1. The third-order valence-corrected chi connectivity index (χ3v) is 2.59. The molecule has 2 N–H and O–H groups in total. The van der Waals surface area contributed by atoms with E-state index in [-0.39, 0.29) is 5.92 Å². The summed E-state index contributed by atoms with van der Waals surface area (Å²) in [6, 6.07) is 0. The number of rotatable bonds is 4. The second-order valence-electron chi connectivity index (χ2n) is 2.71. The summed E-state index contributed by atoms with van der Waals surface area (Å²) >= 11 is 0.846. The monoisotopic (exact) mass is 207 g/mol. The molecule has 0 aromatic carbocycles. The van der Waals surface area contributed by atoms with E-state index in [0.717, 1.165) is 11.9 Å². The SMILES string of the molecule is COC(=O)NSC(C(=O)O)C(C)C. The minimum atomic E-state index is -0.948. The van der Waals surface area contributed by atoms with Crippen molar-refractivity contribution in [1.29, 1.82) is 0 Å². The maximum atomic E-state index is 10.6. The molecule has 1 unspecified atom stereocenters. The standard InChI is InChI=1S/C7H13NO4S/c1-4(2)5(6(9)10)13-8-7(11)12-3/h4-5H,1-3H3,(H,8,11)(H,9,10). The number of methoxy groups -OCH3 is 1. The maximum absolute atomic E-state index is 10.6. The quantitative estimate of drug-likeness (QED) is 0.675. The largest absolute Gasteiger partial charge is 0.480 e. The number of nitrogens with one attached hydrogen (secondary N) is 1. The Balaban J connectivity index is 3.97. The van der Waals surface area contributed by atoms with Crippen LogP contribution in [0.5, 0.6) is 0 Å². The zero-order chi connectivity index (χ0) is 10.4. The molecule has 0 aliphatic rings. The molecule has 13 heavy (non-hydrogen) atoms. The van der Waals surface area contributed by atoms with Crippen LogP contribution >= 0.6 is 11.9 Å². The topological polar surface area (TPSA) is 75.6 Å². The molecule has 0 heterocycles. The average molecular weight is 207 g/mol. The van der Waals surface area contributed by atoms with Gasteiger partial charge in [-0.3, -0.25) is 9.52 Å². The Kier molecular flexibility index (Phi) is 5.29. The van der Waals surface area contributed by atoms with E-state index in [4.69, 9.17) is 5.11 Å². The van der Waals surface area contributed by atoms with Crippen LogP contribution in [-0.4, -0.2) is 29.5 Å². The zero-order valence-corrected chi connectivity index (χ0v) is 8.55. The Bertz CT molecular complexity index is 195. The lowest BCUT2D eigenvalue weighted by molar-refractivity contribution is -0.137. The van der Waals surface area contributed by atoms with Gasteiger partial charge in [0.05, 0.1) is 7.11 Å².